The minimum Gasteiger partial charge on any atom is -0.396 e. The third-order valence-electron chi connectivity index (χ3n) is 2.66. The molecule has 0 atom stereocenters. The van der Waals surface area contributed by atoms with Gasteiger partial charge in [0.15, 0.2) is 0 Å². The molecule has 2 N–H and O–H groups in total. The summed E-state index contributed by atoms with van der Waals surface area (Å²) < 4.78 is 1.60. The molecule has 1 aromatic carbocycles. The third kappa shape index (κ3) is 3.62. The summed E-state index contributed by atoms with van der Waals surface area (Å²) in [6.45, 7) is 0.114. The van der Waals surface area contributed by atoms with E-state index in [0.29, 0.717) is 24.9 Å². The van der Waals surface area contributed by atoms with Gasteiger partial charge in [0.1, 0.15) is 12.7 Å². The van der Waals surface area contributed by atoms with Crippen LogP contribution >= 0.6 is 0 Å². The molecule has 0 spiro atoms. The standard InChI is InChI=1S/C13H16N4O2/c18-8-4-3-7-13(19)16-11-5-1-2-6-12(11)17-10-14-9-15-17/h1-2,5-6,9-10,18H,3-4,7-8H2,(H,16,19). The number of benzene rings is 1. The molecule has 100 valence electrons. The van der Waals surface area contributed by atoms with Crippen LogP contribution in [0.4, 0.5) is 5.69 Å². The van der Waals surface area contributed by atoms with Crippen molar-refractivity contribution < 1.29 is 9.90 Å². The first-order valence-corrected chi connectivity index (χ1v) is 6.16. The maximum atomic E-state index is 11.8. The number of para-hydroxylation sites is 2. The number of anilines is 1. The first-order chi connectivity index (χ1) is 9.31. The SMILES string of the molecule is O=C(CCCCO)Nc1ccccc1-n1cncn1. The van der Waals surface area contributed by atoms with Gasteiger partial charge < -0.3 is 10.4 Å². The van der Waals surface area contributed by atoms with Crippen molar-refractivity contribution in [2.75, 3.05) is 11.9 Å². The third-order valence-corrected chi connectivity index (χ3v) is 2.66. The van der Waals surface area contributed by atoms with Gasteiger partial charge in [-0.3, -0.25) is 4.79 Å². The molecule has 2 rings (SSSR count). The van der Waals surface area contributed by atoms with Gasteiger partial charge in [-0.1, -0.05) is 12.1 Å². The number of carbonyl (C=O) groups is 1. The van der Waals surface area contributed by atoms with Crippen molar-refractivity contribution in [3.05, 3.63) is 36.9 Å². The number of aromatic nitrogens is 3. The summed E-state index contributed by atoms with van der Waals surface area (Å²) in [7, 11) is 0. The van der Waals surface area contributed by atoms with Gasteiger partial charge in [-0.05, 0) is 25.0 Å². The van der Waals surface area contributed by atoms with Gasteiger partial charge in [0.2, 0.25) is 5.91 Å². The molecule has 2 aromatic rings. The Bertz CT molecular complexity index is 525. The average molecular weight is 260 g/mol. The van der Waals surface area contributed by atoms with E-state index in [4.69, 9.17) is 5.11 Å². The number of carbonyl (C=O) groups excluding carboxylic acids is 1. The maximum Gasteiger partial charge on any atom is 0.224 e. The number of amides is 1. The number of aliphatic hydroxyl groups excluding tert-OH is 1. The number of hydrogen-bond acceptors (Lipinski definition) is 4. The molecule has 6 heteroatoms. The summed E-state index contributed by atoms with van der Waals surface area (Å²) in [5.41, 5.74) is 1.47. The molecule has 0 aliphatic carbocycles. The highest BCUT2D eigenvalue weighted by molar-refractivity contribution is 5.92. The molecule has 0 aliphatic rings. The Morgan fingerprint density at radius 1 is 1.32 bits per heavy atom. The quantitative estimate of drug-likeness (QED) is 0.769. The summed E-state index contributed by atoms with van der Waals surface area (Å²) >= 11 is 0. The van der Waals surface area contributed by atoms with Crippen molar-refractivity contribution in [1.29, 1.82) is 0 Å². The number of nitrogens with zero attached hydrogens (tertiary/aromatic N) is 3. The van der Waals surface area contributed by atoms with Crippen molar-refractivity contribution in [2.45, 2.75) is 19.3 Å². The van der Waals surface area contributed by atoms with Crippen LogP contribution in [-0.4, -0.2) is 32.4 Å². The van der Waals surface area contributed by atoms with Gasteiger partial charge in [0.05, 0.1) is 11.4 Å². The fourth-order valence-corrected chi connectivity index (χ4v) is 1.72. The topological polar surface area (TPSA) is 80.0 Å². The van der Waals surface area contributed by atoms with Gasteiger partial charge in [-0.25, -0.2) is 9.67 Å². The van der Waals surface area contributed by atoms with Gasteiger partial charge in [0, 0.05) is 13.0 Å². The van der Waals surface area contributed by atoms with E-state index < -0.39 is 0 Å². The summed E-state index contributed by atoms with van der Waals surface area (Å²) in [6.07, 6.45) is 4.73. The Morgan fingerprint density at radius 3 is 2.89 bits per heavy atom. The number of rotatable bonds is 6. The molecule has 0 saturated carbocycles. The molecule has 0 unspecified atom stereocenters. The summed E-state index contributed by atoms with van der Waals surface area (Å²) in [6, 6.07) is 7.40. The second-order valence-corrected chi connectivity index (χ2v) is 4.09. The number of aliphatic hydroxyl groups is 1. The van der Waals surface area contributed by atoms with Crippen LogP contribution in [-0.2, 0) is 4.79 Å². The lowest BCUT2D eigenvalue weighted by molar-refractivity contribution is -0.116. The van der Waals surface area contributed by atoms with Crippen molar-refractivity contribution in [3.63, 3.8) is 0 Å². The zero-order valence-electron chi connectivity index (χ0n) is 10.5. The van der Waals surface area contributed by atoms with Crippen LogP contribution in [0, 0.1) is 0 Å². The minimum absolute atomic E-state index is 0.0685. The minimum atomic E-state index is -0.0685. The summed E-state index contributed by atoms with van der Waals surface area (Å²) in [4.78, 5) is 15.7. The van der Waals surface area contributed by atoms with Gasteiger partial charge in [-0.15, -0.1) is 0 Å². The monoisotopic (exact) mass is 260 g/mol. The predicted molar refractivity (Wildman–Crippen MR) is 70.9 cm³/mol. The van der Waals surface area contributed by atoms with E-state index in [9.17, 15) is 4.79 Å². The maximum absolute atomic E-state index is 11.8. The predicted octanol–water partition coefficient (Wildman–Crippen LogP) is 1.37. The number of unbranched alkanes of at least 4 members (excludes halogenated alkanes) is 1. The van der Waals surface area contributed by atoms with E-state index in [-0.39, 0.29) is 12.5 Å². The van der Waals surface area contributed by atoms with Gasteiger partial charge in [-0.2, -0.15) is 5.10 Å². The molecule has 6 nitrogen and oxygen atoms in total. The zero-order valence-corrected chi connectivity index (χ0v) is 10.5. The van der Waals surface area contributed by atoms with E-state index in [1.54, 1.807) is 11.0 Å². The van der Waals surface area contributed by atoms with Crippen LogP contribution in [0.5, 0.6) is 0 Å². The molecular formula is C13H16N4O2. The molecule has 0 fully saturated rings. The van der Waals surface area contributed by atoms with E-state index in [1.807, 2.05) is 24.3 Å². The smallest absolute Gasteiger partial charge is 0.224 e. The molecule has 0 bridgehead atoms. The molecular weight excluding hydrogens is 244 g/mol. The van der Waals surface area contributed by atoms with E-state index in [2.05, 4.69) is 15.4 Å². The Kier molecular flexibility index (Phi) is 4.63. The molecule has 19 heavy (non-hydrogen) atoms. The average Bonchev–Trinajstić information content (AvgIpc) is 2.93. The van der Waals surface area contributed by atoms with Crippen molar-refractivity contribution in [1.82, 2.24) is 14.8 Å². The highest BCUT2D eigenvalue weighted by atomic mass is 16.3. The number of hydrogen-bond donors (Lipinski definition) is 2. The van der Waals surface area contributed by atoms with Gasteiger partial charge >= 0.3 is 0 Å². The molecule has 1 amide bonds. The fraction of sp³-hybridized carbons (Fsp3) is 0.308. The molecule has 1 heterocycles. The zero-order chi connectivity index (χ0) is 13.5. The molecule has 1 aromatic heterocycles. The van der Waals surface area contributed by atoms with Crippen molar-refractivity contribution in [3.8, 4) is 5.69 Å². The second-order valence-electron chi connectivity index (χ2n) is 4.09. The first kappa shape index (κ1) is 13.2. The van der Waals surface area contributed by atoms with Crippen LogP contribution in [0.1, 0.15) is 19.3 Å². The van der Waals surface area contributed by atoms with E-state index >= 15 is 0 Å². The fourth-order valence-electron chi connectivity index (χ4n) is 1.72. The number of nitrogens with one attached hydrogen (secondary N) is 1. The van der Waals surface area contributed by atoms with Gasteiger partial charge in [0.25, 0.3) is 0 Å². The highest BCUT2D eigenvalue weighted by Crippen LogP contribution is 2.18. The lowest BCUT2D eigenvalue weighted by atomic mass is 10.2. The largest absolute Gasteiger partial charge is 0.396 e. The lowest BCUT2D eigenvalue weighted by Gasteiger charge is -2.10. The Morgan fingerprint density at radius 2 is 2.16 bits per heavy atom. The molecule has 0 saturated heterocycles. The highest BCUT2D eigenvalue weighted by Gasteiger charge is 2.08. The normalized spacial score (nSPS) is 10.4. The Labute approximate surface area is 111 Å². The van der Waals surface area contributed by atoms with Crippen LogP contribution in [0.15, 0.2) is 36.9 Å². The van der Waals surface area contributed by atoms with Crippen LogP contribution in [0.3, 0.4) is 0 Å². The van der Waals surface area contributed by atoms with Crippen LogP contribution < -0.4 is 5.32 Å². The molecule has 0 radical (unpaired) electrons. The Balaban J connectivity index is 2.06. The van der Waals surface area contributed by atoms with Crippen LogP contribution in [0.2, 0.25) is 0 Å². The molecule has 0 aliphatic heterocycles. The first-order valence-electron chi connectivity index (χ1n) is 6.16. The van der Waals surface area contributed by atoms with E-state index in [1.165, 1.54) is 6.33 Å². The van der Waals surface area contributed by atoms with E-state index in [0.717, 1.165) is 5.69 Å². The summed E-state index contributed by atoms with van der Waals surface area (Å²) in [5, 5.41) is 15.6. The van der Waals surface area contributed by atoms with Crippen molar-refractivity contribution >= 4 is 11.6 Å². The summed E-state index contributed by atoms with van der Waals surface area (Å²) in [5.74, 6) is -0.0685. The lowest BCUT2D eigenvalue weighted by Crippen LogP contribution is -2.13. The van der Waals surface area contributed by atoms with Crippen molar-refractivity contribution in [2.24, 2.45) is 0 Å². The van der Waals surface area contributed by atoms with Crippen LogP contribution in [0.25, 0.3) is 5.69 Å². The Hall–Kier alpha value is -2.21. The second kappa shape index (κ2) is 6.65.